The average molecular weight is 272 g/mol. The van der Waals surface area contributed by atoms with E-state index in [0.29, 0.717) is 5.56 Å². The quantitative estimate of drug-likeness (QED) is 0.598. The summed E-state index contributed by atoms with van der Waals surface area (Å²) in [5, 5.41) is 0. The van der Waals surface area contributed by atoms with Gasteiger partial charge in [0.2, 0.25) is 0 Å². The summed E-state index contributed by atoms with van der Waals surface area (Å²) in [6, 6.07) is 5.94. The SMILES string of the molecule is CC(C)(C)C(c1ccccc1C(F)(F)F)C(C)(C)C. The largest absolute Gasteiger partial charge is 0.416 e. The van der Waals surface area contributed by atoms with E-state index in [1.807, 2.05) is 41.5 Å². The third kappa shape index (κ3) is 3.74. The molecule has 0 aliphatic heterocycles. The van der Waals surface area contributed by atoms with Crippen LogP contribution in [0.4, 0.5) is 13.2 Å². The van der Waals surface area contributed by atoms with Gasteiger partial charge in [0.05, 0.1) is 5.56 Å². The van der Waals surface area contributed by atoms with Crippen molar-refractivity contribution in [2.45, 2.75) is 53.6 Å². The van der Waals surface area contributed by atoms with E-state index in [1.165, 1.54) is 12.1 Å². The maximum absolute atomic E-state index is 13.2. The summed E-state index contributed by atoms with van der Waals surface area (Å²) in [5.41, 5.74) is -0.584. The van der Waals surface area contributed by atoms with Crippen LogP contribution in [-0.2, 0) is 6.18 Å². The molecule has 0 spiro atoms. The fourth-order valence-corrected chi connectivity index (χ4v) is 3.24. The first-order valence-electron chi connectivity index (χ1n) is 6.51. The van der Waals surface area contributed by atoms with Crippen molar-refractivity contribution in [1.82, 2.24) is 0 Å². The Morgan fingerprint density at radius 1 is 0.789 bits per heavy atom. The number of benzene rings is 1. The molecule has 1 aromatic carbocycles. The molecular formula is C16H23F3. The summed E-state index contributed by atoms with van der Waals surface area (Å²) < 4.78 is 39.6. The highest BCUT2D eigenvalue weighted by molar-refractivity contribution is 5.35. The number of hydrogen-bond donors (Lipinski definition) is 0. The Hall–Kier alpha value is -0.990. The first kappa shape index (κ1) is 16.1. The van der Waals surface area contributed by atoms with Crippen LogP contribution in [0.2, 0.25) is 0 Å². The van der Waals surface area contributed by atoms with Crippen LogP contribution >= 0.6 is 0 Å². The summed E-state index contributed by atoms with van der Waals surface area (Å²) in [7, 11) is 0. The Morgan fingerprint density at radius 2 is 1.21 bits per heavy atom. The maximum atomic E-state index is 13.2. The highest BCUT2D eigenvalue weighted by Gasteiger charge is 2.42. The molecule has 0 nitrogen and oxygen atoms in total. The molecule has 0 heterocycles. The number of hydrogen-bond acceptors (Lipinski definition) is 0. The average Bonchev–Trinajstić information content (AvgIpc) is 2.11. The van der Waals surface area contributed by atoms with Gasteiger partial charge in [-0.2, -0.15) is 13.2 Å². The van der Waals surface area contributed by atoms with Crippen LogP contribution in [0.5, 0.6) is 0 Å². The predicted octanol–water partition coefficient (Wildman–Crippen LogP) is 5.88. The third-order valence-corrected chi connectivity index (χ3v) is 3.31. The van der Waals surface area contributed by atoms with E-state index in [1.54, 1.807) is 12.1 Å². The molecule has 1 rings (SSSR count). The lowest BCUT2D eigenvalue weighted by molar-refractivity contribution is -0.138. The first-order valence-corrected chi connectivity index (χ1v) is 6.51. The topological polar surface area (TPSA) is 0 Å². The fraction of sp³-hybridized carbons (Fsp3) is 0.625. The Balaban J connectivity index is 3.50. The molecule has 0 fully saturated rings. The molecule has 0 aliphatic carbocycles. The van der Waals surface area contributed by atoms with Crippen molar-refractivity contribution in [2.24, 2.45) is 10.8 Å². The van der Waals surface area contributed by atoms with E-state index in [-0.39, 0.29) is 16.7 Å². The molecule has 108 valence electrons. The molecule has 0 saturated carbocycles. The van der Waals surface area contributed by atoms with E-state index in [4.69, 9.17) is 0 Å². The molecule has 0 amide bonds. The Morgan fingerprint density at radius 3 is 1.58 bits per heavy atom. The normalized spacial score (nSPS) is 14.0. The second-order valence-corrected chi connectivity index (χ2v) is 7.25. The molecule has 0 radical (unpaired) electrons. The standard InChI is InChI=1S/C16H23F3/c1-14(2,3)13(15(4,5)6)11-9-7-8-10-12(11)16(17,18)19/h7-10,13H,1-6H3. The van der Waals surface area contributed by atoms with Gasteiger partial charge in [0.25, 0.3) is 0 Å². The van der Waals surface area contributed by atoms with Gasteiger partial charge in [0.1, 0.15) is 0 Å². The monoisotopic (exact) mass is 272 g/mol. The maximum Gasteiger partial charge on any atom is 0.416 e. The summed E-state index contributed by atoms with van der Waals surface area (Å²) in [4.78, 5) is 0. The van der Waals surface area contributed by atoms with Crippen molar-refractivity contribution in [1.29, 1.82) is 0 Å². The summed E-state index contributed by atoms with van der Waals surface area (Å²) in [5.74, 6) is -0.169. The summed E-state index contributed by atoms with van der Waals surface area (Å²) >= 11 is 0. The minimum atomic E-state index is -4.30. The predicted molar refractivity (Wildman–Crippen MR) is 73.1 cm³/mol. The van der Waals surface area contributed by atoms with Crippen molar-refractivity contribution in [3.63, 3.8) is 0 Å². The zero-order valence-electron chi connectivity index (χ0n) is 12.5. The molecule has 0 aliphatic rings. The van der Waals surface area contributed by atoms with Crippen LogP contribution < -0.4 is 0 Å². The number of rotatable bonds is 1. The van der Waals surface area contributed by atoms with Crippen LogP contribution in [0.25, 0.3) is 0 Å². The van der Waals surface area contributed by atoms with Crippen molar-refractivity contribution in [3.05, 3.63) is 35.4 Å². The highest BCUT2D eigenvalue weighted by atomic mass is 19.4. The first-order chi connectivity index (χ1) is 8.35. The fourth-order valence-electron chi connectivity index (χ4n) is 3.24. The lowest BCUT2D eigenvalue weighted by Crippen LogP contribution is -2.32. The Kier molecular flexibility index (Phi) is 4.09. The molecular weight excluding hydrogens is 249 g/mol. The molecule has 1 aromatic rings. The van der Waals surface area contributed by atoms with Crippen LogP contribution in [0.3, 0.4) is 0 Å². The molecule has 0 bridgehead atoms. The highest BCUT2D eigenvalue weighted by Crippen LogP contribution is 2.50. The molecule has 0 atom stereocenters. The smallest absolute Gasteiger partial charge is 0.166 e. The zero-order chi connectivity index (χ0) is 15.1. The van der Waals surface area contributed by atoms with Crippen molar-refractivity contribution in [3.8, 4) is 0 Å². The van der Waals surface area contributed by atoms with Crippen molar-refractivity contribution in [2.75, 3.05) is 0 Å². The van der Waals surface area contributed by atoms with Gasteiger partial charge in [-0.25, -0.2) is 0 Å². The Labute approximate surface area is 114 Å². The molecule has 0 N–H and O–H groups in total. The molecule has 0 unspecified atom stereocenters. The summed E-state index contributed by atoms with van der Waals surface area (Å²) in [6.45, 7) is 12.0. The van der Waals surface area contributed by atoms with E-state index in [9.17, 15) is 13.2 Å². The van der Waals surface area contributed by atoms with E-state index < -0.39 is 11.7 Å². The molecule has 0 saturated heterocycles. The van der Waals surface area contributed by atoms with Gasteiger partial charge in [-0.3, -0.25) is 0 Å². The molecule has 19 heavy (non-hydrogen) atoms. The van der Waals surface area contributed by atoms with E-state index in [2.05, 4.69) is 0 Å². The lowest BCUT2D eigenvalue weighted by Gasteiger charge is -2.42. The van der Waals surface area contributed by atoms with Crippen LogP contribution in [0, 0.1) is 10.8 Å². The van der Waals surface area contributed by atoms with Gasteiger partial charge in [0, 0.05) is 0 Å². The lowest BCUT2D eigenvalue weighted by atomic mass is 9.63. The van der Waals surface area contributed by atoms with E-state index >= 15 is 0 Å². The number of halogens is 3. The summed E-state index contributed by atoms with van der Waals surface area (Å²) in [6.07, 6.45) is -4.30. The molecule has 3 heteroatoms. The number of alkyl halides is 3. The van der Waals surface area contributed by atoms with Crippen LogP contribution in [-0.4, -0.2) is 0 Å². The minimum Gasteiger partial charge on any atom is -0.166 e. The van der Waals surface area contributed by atoms with E-state index in [0.717, 1.165) is 0 Å². The Bertz CT molecular complexity index is 417. The van der Waals surface area contributed by atoms with Crippen LogP contribution in [0.1, 0.15) is 58.6 Å². The van der Waals surface area contributed by atoms with Crippen LogP contribution in [0.15, 0.2) is 24.3 Å². The van der Waals surface area contributed by atoms with Gasteiger partial charge in [-0.1, -0.05) is 59.7 Å². The third-order valence-electron chi connectivity index (χ3n) is 3.31. The van der Waals surface area contributed by atoms with Gasteiger partial charge >= 0.3 is 6.18 Å². The van der Waals surface area contributed by atoms with Gasteiger partial charge in [-0.15, -0.1) is 0 Å². The molecule has 0 aromatic heterocycles. The minimum absolute atomic E-state index is 0.169. The zero-order valence-corrected chi connectivity index (χ0v) is 12.5. The van der Waals surface area contributed by atoms with Crippen molar-refractivity contribution < 1.29 is 13.2 Å². The van der Waals surface area contributed by atoms with Gasteiger partial charge in [0.15, 0.2) is 0 Å². The van der Waals surface area contributed by atoms with Gasteiger partial charge < -0.3 is 0 Å². The van der Waals surface area contributed by atoms with Gasteiger partial charge in [-0.05, 0) is 28.4 Å². The second kappa shape index (κ2) is 4.84. The van der Waals surface area contributed by atoms with Crippen molar-refractivity contribution >= 4 is 0 Å². The second-order valence-electron chi connectivity index (χ2n) is 7.25.